The number of hydrogen-bond acceptors (Lipinski definition) is 4. The molecule has 0 aromatic heterocycles. The van der Waals surface area contributed by atoms with Crippen molar-refractivity contribution in [1.29, 1.82) is 0 Å². The Morgan fingerprint density at radius 2 is 1.88 bits per heavy atom. The van der Waals surface area contributed by atoms with E-state index in [1.807, 2.05) is 18.2 Å². The molecule has 24 heavy (non-hydrogen) atoms. The van der Waals surface area contributed by atoms with Crippen LogP contribution >= 0.6 is 0 Å². The monoisotopic (exact) mass is 333 g/mol. The van der Waals surface area contributed by atoms with E-state index < -0.39 is 29.2 Å². The Labute approximate surface area is 141 Å². The third kappa shape index (κ3) is 4.24. The van der Waals surface area contributed by atoms with E-state index in [1.165, 1.54) is 6.92 Å². The van der Waals surface area contributed by atoms with Crippen molar-refractivity contribution in [2.45, 2.75) is 51.8 Å². The number of benzene rings is 1. The summed E-state index contributed by atoms with van der Waals surface area (Å²) >= 11 is 0. The molecule has 0 saturated heterocycles. The van der Waals surface area contributed by atoms with Crippen molar-refractivity contribution in [3.05, 3.63) is 29.8 Å². The second-order valence-electron chi connectivity index (χ2n) is 6.82. The summed E-state index contributed by atoms with van der Waals surface area (Å²) in [6.07, 6.45) is -0.0445. The summed E-state index contributed by atoms with van der Waals surface area (Å²) in [5.41, 5.74) is -0.677. The Morgan fingerprint density at radius 1 is 1.21 bits per heavy atom. The standard InChI is InChI=1S/C17H23N3O4/c1-11(21)19-17(20-15(23)24-16(2,3)4)10-9-12-7-5-6-8-13(12)18-14(17)22/h5-8H,9-10H2,1-4H3,(H,18,22)(H,19,21)(H,20,23). The number of amides is 3. The van der Waals surface area contributed by atoms with Crippen molar-refractivity contribution < 1.29 is 19.1 Å². The minimum Gasteiger partial charge on any atom is -0.444 e. The molecular formula is C17H23N3O4. The Bertz CT molecular complexity index is 666. The van der Waals surface area contributed by atoms with Crippen LogP contribution in [-0.2, 0) is 20.7 Å². The molecule has 7 heteroatoms. The van der Waals surface area contributed by atoms with Crippen LogP contribution in [0.2, 0.25) is 0 Å². The van der Waals surface area contributed by atoms with Gasteiger partial charge >= 0.3 is 6.09 Å². The van der Waals surface area contributed by atoms with Gasteiger partial charge in [-0.2, -0.15) is 0 Å². The Kier molecular flexibility index (Phi) is 4.82. The average Bonchev–Trinajstić information content (AvgIpc) is 2.54. The van der Waals surface area contributed by atoms with Gasteiger partial charge in [0.15, 0.2) is 5.66 Å². The molecule has 1 aromatic carbocycles. The molecule has 0 aliphatic carbocycles. The van der Waals surface area contributed by atoms with Crippen LogP contribution < -0.4 is 16.0 Å². The van der Waals surface area contributed by atoms with Gasteiger partial charge in [-0.15, -0.1) is 0 Å². The number of nitrogens with one attached hydrogen (secondary N) is 3. The number of anilines is 1. The van der Waals surface area contributed by atoms with Crippen LogP contribution in [0.4, 0.5) is 10.5 Å². The summed E-state index contributed by atoms with van der Waals surface area (Å²) < 4.78 is 5.23. The average molecular weight is 333 g/mol. The predicted molar refractivity (Wildman–Crippen MR) is 89.3 cm³/mol. The molecule has 2 rings (SSSR count). The van der Waals surface area contributed by atoms with Crippen LogP contribution in [-0.4, -0.2) is 29.2 Å². The zero-order valence-corrected chi connectivity index (χ0v) is 14.4. The van der Waals surface area contributed by atoms with E-state index in [0.29, 0.717) is 12.1 Å². The van der Waals surface area contributed by atoms with Crippen LogP contribution in [0.15, 0.2) is 24.3 Å². The van der Waals surface area contributed by atoms with E-state index in [1.54, 1.807) is 26.8 Å². The molecule has 1 unspecified atom stereocenters. The second kappa shape index (κ2) is 6.51. The molecule has 0 spiro atoms. The van der Waals surface area contributed by atoms with Gasteiger partial charge in [-0.3, -0.25) is 14.9 Å². The maximum Gasteiger partial charge on any atom is 0.409 e. The molecular weight excluding hydrogens is 310 g/mol. The van der Waals surface area contributed by atoms with Crippen LogP contribution in [0.25, 0.3) is 0 Å². The zero-order chi connectivity index (χ0) is 18.0. The molecule has 130 valence electrons. The van der Waals surface area contributed by atoms with Gasteiger partial charge in [0.05, 0.1) is 0 Å². The smallest absolute Gasteiger partial charge is 0.409 e. The van der Waals surface area contributed by atoms with Gasteiger partial charge in [0.1, 0.15) is 5.60 Å². The van der Waals surface area contributed by atoms with Crippen molar-refractivity contribution in [1.82, 2.24) is 10.6 Å². The minimum absolute atomic E-state index is 0.217. The molecule has 0 bridgehead atoms. The summed E-state index contributed by atoms with van der Waals surface area (Å²) in [4.78, 5) is 36.6. The van der Waals surface area contributed by atoms with Crippen molar-refractivity contribution >= 4 is 23.6 Å². The lowest BCUT2D eigenvalue weighted by molar-refractivity contribution is -0.130. The van der Waals surface area contributed by atoms with Crippen LogP contribution in [0.3, 0.4) is 0 Å². The molecule has 1 aliphatic heterocycles. The van der Waals surface area contributed by atoms with E-state index in [0.717, 1.165) is 5.56 Å². The highest BCUT2D eigenvalue weighted by atomic mass is 16.6. The lowest BCUT2D eigenvalue weighted by Crippen LogP contribution is -2.67. The molecule has 3 amide bonds. The summed E-state index contributed by atoms with van der Waals surface area (Å²) in [5, 5.41) is 7.88. The molecule has 1 atom stereocenters. The highest BCUT2D eigenvalue weighted by Gasteiger charge is 2.43. The zero-order valence-electron chi connectivity index (χ0n) is 14.4. The third-order valence-corrected chi connectivity index (χ3v) is 3.53. The van der Waals surface area contributed by atoms with Gasteiger partial charge in [0, 0.05) is 19.0 Å². The number of alkyl carbamates (subject to hydrolysis) is 1. The van der Waals surface area contributed by atoms with Crippen molar-refractivity contribution in [3.63, 3.8) is 0 Å². The fourth-order valence-electron chi connectivity index (χ4n) is 2.57. The quantitative estimate of drug-likeness (QED) is 0.721. The highest BCUT2D eigenvalue weighted by Crippen LogP contribution is 2.26. The summed E-state index contributed by atoms with van der Waals surface area (Å²) in [6.45, 7) is 6.46. The highest BCUT2D eigenvalue weighted by molar-refractivity contribution is 6.02. The van der Waals surface area contributed by atoms with Crippen LogP contribution in [0, 0.1) is 0 Å². The molecule has 1 heterocycles. The number of aryl methyl sites for hydroxylation is 1. The number of ether oxygens (including phenoxy) is 1. The summed E-state index contributed by atoms with van der Waals surface area (Å²) in [6, 6.07) is 7.36. The Balaban J connectivity index is 2.29. The predicted octanol–water partition coefficient (Wildman–Crippen LogP) is 1.93. The first-order valence-electron chi connectivity index (χ1n) is 7.81. The van der Waals surface area contributed by atoms with E-state index in [9.17, 15) is 14.4 Å². The first-order chi connectivity index (χ1) is 11.1. The largest absolute Gasteiger partial charge is 0.444 e. The Morgan fingerprint density at radius 3 is 2.50 bits per heavy atom. The number of rotatable bonds is 2. The second-order valence-corrected chi connectivity index (χ2v) is 6.82. The molecule has 7 nitrogen and oxygen atoms in total. The lowest BCUT2D eigenvalue weighted by atomic mass is 10.0. The first-order valence-corrected chi connectivity index (χ1v) is 7.81. The van der Waals surface area contributed by atoms with Crippen molar-refractivity contribution in [2.75, 3.05) is 5.32 Å². The van der Waals surface area contributed by atoms with E-state index in [-0.39, 0.29) is 6.42 Å². The first kappa shape index (κ1) is 17.8. The molecule has 0 saturated carbocycles. The number of fused-ring (bicyclic) bond motifs is 1. The summed E-state index contributed by atoms with van der Waals surface area (Å²) in [7, 11) is 0. The van der Waals surface area contributed by atoms with Gasteiger partial charge in [0.25, 0.3) is 5.91 Å². The lowest BCUT2D eigenvalue weighted by Gasteiger charge is -2.33. The SMILES string of the molecule is CC(=O)NC1(NC(=O)OC(C)(C)C)CCc2ccccc2NC1=O. The van der Waals surface area contributed by atoms with E-state index in [2.05, 4.69) is 16.0 Å². The van der Waals surface area contributed by atoms with E-state index >= 15 is 0 Å². The number of carbonyl (C=O) groups is 3. The Hall–Kier alpha value is -2.57. The van der Waals surface area contributed by atoms with Gasteiger partial charge in [-0.1, -0.05) is 18.2 Å². The molecule has 1 aliphatic rings. The van der Waals surface area contributed by atoms with Gasteiger partial charge in [-0.05, 0) is 38.8 Å². The molecule has 3 N–H and O–H groups in total. The topological polar surface area (TPSA) is 96.5 Å². The summed E-state index contributed by atoms with van der Waals surface area (Å²) in [5.74, 6) is -0.930. The number of para-hydroxylation sites is 1. The van der Waals surface area contributed by atoms with Crippen LogP contribution in [0.1, 0.15) is 39.7 Å². The number of hydrogen-bond donors (Lipinski definition) is 3. The molecule has 1 aromatic rings. The minimum atomic E-state index is -1.56. The van der Waals surface area contributed by atoms with E-state index in [4.69, 9.17) is 4.74 Å². The van der Waals surface area contributed by atoms with Crippen molar-refractivity contribution in [3.8, 4) is 0 Å². The fourth-order valence-corrected chi connectivity index (χ4v) is 2.57. The molecule has 0 radical (unpaired) electrons. The van der Waals surface area contributed by atoms with Gasteiger partial charge < -0.3 is 15.4 Å². The van der Waals surface area contributed by atoms with Crippen molar-refractivity contribution in [2.24, 2.45) is 0 Å². The molecule has 0 fully saturated rings. The third-order valence-electron chi connectivity index (χ3n) is 3.53. The number of carbonyl (C=O) groups excluding carboxylic acids is 3. The van der Waals surface area contributed by atoms with Gasteiger partial charge in [0.2, 0.25) is 5.91 Å². The normalized spacial score (nSPS) is 20.2. The fraction of sp³-hybridized carbons (Fsp3) is 0.471. The maximum atomic E-state index is 12.7. The van der Waals surface area contributed by atoms with Crippen LogP contribution in [0.5, 0.6) is 0 Å². The van der Waals surface area contributed by atoms with Gasteiger partial charge in [-0.25, -0.2) is 4.79 Å². The maximum absolute atomic E-state index is 12.7.